The number of halogens is 1. The van der Waals surface area contributed by atoms with Crippen molar-refractivity contribution in [2.24, 2.45) is 11.8 Å². The Bertz CT molecular complexity index is 626. The highest BCUT2D eigenvalue weighted by atomic mass is 35.5. The number of piperidine rings is 1. The summed E-state index contributed by atoms with van der Waals surface area (Å²) < 4.78 is 0. The van der Waals surface area contributed by atoms with Crippen LogP contribution in [0.4, 0.5) is 5.69 Å². The zero-order valence-corrected chi connectivity index (χ0v) is 17.8. The molecule has 27 heavy (non-hydrogen) atoms. The molecule has 0 bridgehead atoms. The third-order valence-corrected chi connectivity index (χ3v) is 5.05. The Morgan fingerprint density at radius 1 is 1.22 bits per heavy atom. The molecule has 1 aromatic rings. The molecule has 1 fully saturated rings. The molecule has 0 spiro atoms. The molecule has 1 aliphatic rings. The summed E-state index contributed by atoms with van der Waals surface area (Å²) in [5.41, 5.74) is 2.42. The molecular weight excluding hydrogens is 362 g/mol. The lowest BCUT2D eigenvalue weighted by molar-refractivity contribution is -0.116. The topological polar surface area (TPSA) is 61.4 Å². The summed E-state index contributed by atoms with van der Waals surface area (Å²) in [6.45, 7) is 8.69. The van der Waals surface area contributed by atoms with Gasteiger partial charge in [0.2, 0.25) is 5.91 Å². The van der Waals surface area contributed by atoms with Crippen molar-refractivity contribution in [3.63, 3.8) is 0 Å². The Morgan fingerprint density at radius 2 is 1.89 bits per heavy atom. The molecule has 0 saturated carbocycles. The van der Waals surface area contributed by atoms with Crippen LogP contribution < -0.4 is 10.6 Å². The number of anilines is 1. The van der Waals surface area contributed by atoms with Crippen LogP contribution in [0.25, 0.3) is 0 Å². The van der Waals surface area contributed by atoms with Crippen LogP contribution in [0.5, 0.6) is 0 Å². The van der Waals surface area contributed by atoms with E-state index in [0.29, 0.717) is 23.8 Å². The van der Waals surface area contributed by atoms with E-state index in [1.165, 1.54) is 6.42 Å². The first kappa shape index (κ1) is 23.4. The van der Waals surface area contributed by atoms with Crippen LogP contribution in [0.15, 0.2) is 18.2 Å². The summed E-state index contributed by atoms with van der Waals surface area (Å²) >= 11 is 0. The highest BCUT2D eigenvalue weighted by molar-refractivity contribution is 5.96. The second kappa shape index (κ2) is 11.3. The minimum absolute atomic E-state index is 0. The highest BCUT2D eigenvalue weighted by Crippen LogP contribution is 2.23. The number of nitrogens with zero attached hydrogens (tertiary/aromatic N) is 1. The summed E-state index contributed by atoms with van der Waals surface area (Å²) in [6, 6.07) is 5.56. The van der Waals surface area contributed by atoms with Crippen LogP contribution in [0.2, 0.25) is 0 Å². The summed E-state index contributed by atoms with van der Waals surface area (Å²) in [7, 11) is 1.98. The zero-order valence-electron chi connectivity index (χ0n) is 17.0. The van der Waals surface area contributed by atoms with Gasteiger partial charge in [0, 0.05) is 30.8 Å². The molecule has 6 heteroatoms. The Morgan fingerprint density at radius 3 is 2.44 bits per heavy atom. The fourth-order valence-electron chi connectivity index (χ4n) is 3.46. The summed E-state index contributed by atoms with van der Waals surface area (Å²) in [6.07, 6.45) is 3.84. The van der Waals surface area contributed by atoms with Crippen molar-refractivity contribution in [2.75, 3.05) is 32.0 Å². The van der Waals surface area contributed by atoms with Gasteiger partial charge in [-0.1, -0.05) is 13.8 Å². The Labute approximate surface area is 169 Å². The van der Waals surface area contributed by atoms with Crippen molar-refractivity contribution >= 4 is 29.9 Å². The van der Waals surface area contributed by atoms with Gasteiger partial charge in [-0.05, 0) is 75.4 Å². The van der Waals surface area contributed by atoms with E-state index in [9.17, 15) is 9.59 Å². The Kier molecular flexibility index (Phi) is 9.81. The maximum Gasteiger partial charge on any atom is 0.253 e. The van der Waals surface area contributed by atoms with Crippen LogP contribution in [0.1, 0.15) is 55.5 Å². The maximum atomic E-state index is 12.8. The third-order valence-electron chi connectivity index (χ3n) is 5.05. The van der Waals surface area contributed by atoms with Crippen LogP contribution >= 0.6 is 12.4 Å². The van der Waals surface area contributed by atoms with Crippen molar-refractivity contribution < 1.29 is 9.59 Å². The van der Waals surface area contributed by atoms with Crippen LogP contribution in [0, 0.1) is 18.8 Å². The third kappa shape index (κ3) is 7.15. The lowest BCUT2D eigenvalue weighted by atomic mass is 9.93. The first-order valence-electron chi connectivity index (χ1n) is 9.75. The van der Waals surface area contributed by atoms with Crippen molar-refractivity contribution in [1.29, 1.82) is 0 Å². The van der Waals surface area contributed by atoms with Gasteiger partial charge in [0.15, 0.2) is 0 Å². The van der Waals surface area contributed by atoms with E-state index >= 15 is 0 Å². The smallest absolute Gasteiger partial charge is 0.253 e. The summed E-state index contributed by atoms with van der Waals surface area (Å²) in [5.74, 6) is 1.16. The van der Waals surface area contributed by atoms with E-state index < -0.39 is 0 Å². The molecule has 1 aliphatic heterocycles. The molecule has 5 nitrogen and oxygen atoms in total. The zero-order chi connectivity index (χ0) is 19.1. The van der Waals surface area contributed by atoms with E-state index in [2.05, 4.69) is 10.6 Å². The van der Waals surface area contributed by atoms with Gasteiger partial charge in [0.1, 0.15) is 0 Å². The average molecular weight is 396 g/mol. The van der Waals surface area contributed by atoms with Crippen molar-refractivity contribution in [1.82, 2.24) is 10.2 Å². The fraction of sp³-hybridized carbons (Fsp3) is 0.619. The summed E-state index contributed by atoms with van der Waals surface area (Å²) in [5, 5.41) is 6.14. The van der Waals surface area contributed by atoms with Gasteiger partial charge in [-0.2, -0.15) is 0 Å². The Hall–Kier alpha value is -1.59. The van der Waals surface area contributed by atoms with Crippen molar-refractivity contribution in [3.05, 3.63) is 29.3 Å². The second-order valence-corrected chi connectivity index (χ2v) is 7.80. The standard InChI is InChI=1S/C21H33N3O2.ClH/c1-15(2)13-20(25)23-19-6-5-18(14-16(19)3)21(26)24-11-8-17(9-12-24)7-10-22-4;/h5-6,14-15,17,22H,7-13H2,1-4H3,(H,23,25);1H. The number of likely N-dealkylation sites (tertiary alicyclic amines) is 1. The van der Waals surface area contributed by atoms with Gasteiger partial charge in [-0.25, -0.2) is 0 Å². The predicted molar refractivity (Wildman–Crippen MR) is 114 cm³/mol. The van der Waals surface area contributed by atoms with E-state index in [1.807, 2.05) is 50.9 Å². The average Bonchev–Trinajstić information content (AvgIpc) is 2.61. The second-order valence-electron chi connectivity index (χ2n) is 7.80. The van der Waals surface area contributed by atoms with Crippen LogP contribution in [0.3, 0.4) is 0 Å². The molecule has 0 aliphatic carbocycles. The largest absolute Gasteiger partial charge is 0.339 e. The molecule has 2 N–H and O–H groups in total. The molecule has 1 saturated heterocycles. The number of benzene rings is 1. The molecule has 2 rings (SSSR count). The number of amides is 2. The predicted octanol–water partition coefficient (Wildman–Crippen LogP) is 3.86. The van der Waals surface area contributed by atoms with Gasteiger partial charge < -0.3 is 15.5 Å². The van der Waals surface area contributed by atoms with Crippen LogP contribution in [-0.2, 0) is 4.79 Å². The molecule has 152 valence electrons. The van der Waals surface area contributed by atoms with Gasteiger partial charge in [0.05, 0.1) is 0 Å². The number of carbonyl (C=O) groups excluding carboxylic acids is 2. The lowest BCUT2D eigenvalue weighted by Crippen LogP contribution is -2.39. The number of rotatable bonds is 7. The number of nitrogens with one attached hydrogen (secondary N) is 2. The lowest BCUT2D eigenvalue weighted by Gasteiger charge is -2.32. The number of hydrogen-bond acceptors (Lipinski definition) is 3. The molecule has 0 atom stereocenters. The molecule has 1 aromatic carbocycles. The van der Waals surface area contributed by atoms with Crippen LogP contribution in [-0.4, -0.2) is 43.4 Å². The molecular formula is C21H34ClN3O2. The fourth-order valence-corrected chi connectivity index (χ4v) is 3.46. The van der Waals surface area contributed by atoms with Gasteiger partial charge in [0.25, 0.3) is 5.91 Å². The van der Waals surface area contributed by atoms with Crippen molar-refractivity contribution in [2.45, 2.75) is 46.5 Å². The number of hydrogen-bond donors (Lipinski definition) is 2. The monoisotopic (exact) mass is 395 g/mol. The molecule has 1 heterocycles. The van der Waals surface area contributed by atoms with Gasteiger partial charge in [-0.15, -0.1) is 12.4 Å². The minimum Gasteiger partial charge on any atom is -0.339 e. The normalized spacial score (nSPS) is 14.8. The minimum atomic E-state index is 0. The number of aryl methyl sites for hydroxylation is 1. The van der Waals surface area contributed by atoms with E-state index in [4.69, 9.17) is 0 Å². The quantitative estimate of drug-likeness (QED) is 0.736. The molecule has 0 unspecified atom stereocenters. The van der Waals surface area contributed by atoms with E-state index in [1.54, 1.807) is 0 Å². The first-order valence-corrected chi connectivity index (χ1v) is 9.75. The first-order chi connectivity index (χ1) is 12.4. The SMILES string of the molecule is CNCCC1CCN(C(=O)c2ccc(NC(=O)CC(C)C)c(C)c2)CC1.Cl. The highest BCUT2D eigenvalue weighted by Gasteiger charge is 2.23. The van der Waals surface area contributed by atoms with E-state index in [0.717, 1.165) is 43.7 Å². The molecule has 0 aromatic heterocycles. The van der Waals surface area contributed by atoms with Gasteiger partial charge in [-0.3, -0.25) is 9.59 Å². The molecule has 2 amide bonds. The maximum absolute atomic E-state index is 12.8. The summed E-state index contributed by atoms with van der Waals surface area (Å²) in [4.78, 5) is 26.7. The van der Waals surface area contributed by atoms with Gasteiger partial charge >= 0.3 is 0 Å². The van der Waals surface area contributed by atoms with Crippen molar-refractivity contribution in [3.8, 4) is 0 Å². The Balaban J connectivity index is 0.00000364. The van der Waals surface area contributed by atoms with E-state index in [-0.39, 0.29) is 24.2 Å². The molecule has 0 radical (unpaired) electrons. The number of carbonyl (C=O) groups is 2.